The summed E-state index contributed by atoms with van der Waals surface area (Å²) in [6, 6.07) is 22.8. The minimum Gasteiger partial charge on any atom is -0.485 e. The van der Waals surface area contributed by atoms with Crippen molar-refractivity contribution in [2.24, 2.45) is 0 Å². The summed E-state index contributed by atoms with van der Waals surface area (Å²) in [5, 5.41) is 3.90. The molecule has 0 N–H and O–H groups in total. The highest BCUT2D eigenvalue weighted by Crippen LogP contribution is 2.32. The van der Waals surface area contributed by atoms with Gasteiger partial charge in [-0.25, -0.2) is 4.79 Å². The van der Waals surface area contributed by atoms with Gasteiger partial charge in [0, 0.05) is 12.1 Å². The zero-order chi connectivity index (χ0) is 21.5. The van der Waals surface area contributed by atoms with Crippen molar-refractivity contribution in [2.75, 3.05) is 7.11 Å². The second-order valence-electron chi connectivity index (χ2n) is 6.63. The van der Waals surface area contributed by atoms with Crippen molar-refractivity contribution >= 4 is 5.97 Å². The van der Waals surface area contributed by atoms with Gasteiger partial charge in [-0.2, -0.15) is 0 Å². The Morgan fingerprint density at radius 3 is 2.06 bits per heavy atom. The van der Waals surface area contributed by atoms with Gasteiger partial charge < -0.3 is 18.7 Å². The summed E-state index contributed by atoms with van der Waals surface area (Å²) in [7, 11) is 1.27. The first-order valence-corrected chi connectivity index (χ1v) is 9.62. The molecule has 0 spiro atoms. The van der Waals surface area contributed by atoms with Crippen molar-refractivity contribution in [3.8, 4) is 22.9 Å². The summed E-state index contributed by atoms with van der Waals surface area (Å²) in [4.78, 5) is 16.0. The number of rotatable bonds is 8. The molecule has 4 aromatic rings. The lowest BCUT2D eigenvalue weighted by Crippen LogP contribution is -2.02. The summed E-state index contributed by atoms with van der Waals surface area (Å²) in [5.74, 6) is 0.394. The van der Waals surface area contributed by atoms with Crippen LogP contribution in [0, 0.1) is 0 Å². The van der Waals surface area contributed by atoms with E-state index in [0.29, 0.717) is 36.1 Å². The molecule has 7 heteroatoms. The molecule has 0 aliphatic heterocycles. The van der Waals surface area contributed by atoms with Crippen LogP contribution in [0.15, 0.2) is 83.5 Å². The van der Waals surface area contributed by atoms with E-state index in [4.69, 9.17) is 14.0 Å². The molecule has 0 aliphatic carbocycles. The summed E-state index contributed by atoms with van der Waals surface area (Å²) in [6.07, 6.45) is 1.57. The molecular weight excluding hydrogens is 396 g/mol. The highest BCUT2D eigenvalue weighted by molar-refractivity contribution is 5.87. The highest BCUT2D eigenvalue weighted by atomic mass is 16.5. The highest BCUT2D eigenvalue weighted by Gasteiger charge is 2.17. The first kappa shape index (κ1) is 20.2. The van der Waals surface area contributed by atoms with Gasteiger partial charge in [0.1, 0.15) is 18.9 Å². The average molecular weight is 416 g/mol. The standard InChI is InChI=1S/C24H20N2O5/c1-28-24(27)22-13-20(26-31-22)19-12-21(29-15-17-8-4-2-5-9-17)23(14-25-19)30-16-18-10-6-3-7-11-18/h2-14H,15-16H2,1H3. The molecule has 0 atom stereocenters. The molecule has 0 amide bonds. The van der Waals surface area contributed by atoms with Gasteiger partial charge in [0.05, 0.1) is 19.0 Å². The molecule has 0 fully saturated rings. The first-order valence-electron chi connectivity index (χ1n) is 9.62. The van der Waals surface area contributed by atoms with Crippen LogP contribution in [0.1, 0.15) is 21.7 Å². The van der Waals surface area contributed by atoms with Crippen molar-refractivity contribution in [3.63, 3.8) is 0 Å². The number of hydrogen-bond donors (Lipinski definition) is 0. The fraction of sp³-hybridized carbons (Fsp3) is 0.125. The zero-order valence-electron chi connectivity index (χ0n) is 16.9. The van der Waals surface area contributed by atoms with Crippen molar-refractivity contribution in [3.05, 3.63) is 95.9 Å². The van der Waals surface area contributed by atoms with Gasteiger partial charge in [0.2, 0.25) is 5.76 Å². The molecule has 2 heterocycles. The molecule has 156 valence electrons. The first-order chi connectivity index (χ1) is 15.2. The lowest BCUT2D eigenvalue weighted by molar-refractivity contribution is 0.0554. The number of ether oxygens (including phenoxy) is 3. The van der Waals surface area contributed by atoms with Gasteiger partial charge in [-0.05, 0) is 11.1 Å². The van der Waals surface area contributed by atoms with Crippen molar-refractivity contribution in [2.45, 2.75) is 13.2 Å². The van der Waals surface area contributed by atoms with E-state index in [-0.39, 0.29) is 5.76 Å². The Hall–Kier alpha value is -4.13. The van der Waals surface area contributed by atoms with Crippen molar-refractivity contribution in [1.82, 2.24) is 10.1 Å². The summed E-state index contributed by atoms with van der Waals surface area (Å²) in [6.45, 7) is 0.734. The molecule has 0 bridgehead atoms. The second-order valence-corrected chi connectivity index (χ2v) is 6.63. The van der Waals surface area contributed by atoms with Gasteiger partial charge in [0.25, 0.3) is 0 Å². The minimum absolute atomic E-state index is 0.00421. The number of nitrogens with zero attached hydrogens (tertiary/aromatic N) is 2. The molecule has 2 aromatic carbocycles. The van der Waals surface area contributed by atoms with E-state index < -0.39 is 5.97 Å². The molecule has 31 heavy (non-hydrogen) atoms. The van der Waals surface area contributed by atoms with Gasteiger partial charge in [-0.1, -0.05) is 65.8 Å². The molecular formula is C24H20N2O5. The molecule has 0 unspecified atom stereocenters. The Labute approximate surface area is 179 Å². The monoisotopic (exact) mass is 416 g/mol. The van der Waals surface area contributed by atoms with Crippen LogP contribution in [0.5, 0.6) is 11.5 Å². The van der Waals surface area contributed by atoms with E-state index in [1.165, 1.54) is 13.2 Å². The predicted octanol–water partition coefficient (Wildman–Crippen LogP) is 4.68. The van der Waals surface area contributed by atoms with Gasteiger partial charge in [0.15, 0.2) is 11.5 Å². The molecule has 7 nitrogen and oxygen atoms in total. The topological polar surface area (TPSA) is 83.7 Å². The van der Waals surface area contributed by atoms with Gasteiger partial charge in [-0.15, -0.1) is 0 Å². The molecule has 0 aliphatic rings. The van der Waals surface area contributed by atoms with E-state index >= 15 is 0 Å². The maximum Gasteiger partial charge on any atom is 0.376 e. The Kier molecular flexibility index (Phi) is 6.23. The lowest BCUT2D eigenvalue weighted by atomic mass is 10.2. The van der Waals surface area contributed by atoms with E-state index in [0.717, 1.165) is 11.1 Å². The normalized spacial score (nSPS) is 10.5. The van der Waals surface area contributed by atoms with Crippen molar-refractivity contribution in [1.29, 1.82) is 0 Å². The number of carbonyl (C=O) groups is 1. The number of pyridine rings is 1. The molecule has 0 saturated heterocycles. The molecule has 4 rings (SSSR count). The Bertz CT molecular complexity index is 1140. The molecule has 0 saturated carbocycles. The minimum atomic E-state index is -0.609. The van der Waals surface area contributed by atoms with Crippen molar-refractivity contribution < 1.29 is 23.5 Å². The third-order valence-corrected chi connectivity index (χ3v) is 4.47. The van der Waals surface area contributed by atoms with Crippen LogP contribution >= 0.6 is 0 Å². The van der Waals surface area contributed by atoms with Crippen LogP contribution in [-0.4, -0.2) is 23.2 Å². The van der Waals surface area contributed by atoms with Gasteiger partial charge >= 0.3 is 5.97 Å². The third kappa shape index (κ3) is 5.08. The van der Waals surface area contributed by atoms with E-state index in [2.05, 4.69) is 14.9 Å². The largest absolute Gasteiger partial charge is 0.485 e. The second kappa shape index (κ2) is 9.58. The van der Waals surface area contributed by atoms with E-state index in [1.54, 1.807) is 12.3 Å². The van der Waals surface area contributed by atoms with Crippen LogP contribution in [0.3, 0.4) is 0 Å². The van der Waals surface area contributed by atoms with Crippen LogP contribution in [0.25, 0.3) is 11.4 Å². The third-order valence-electron chi connectivity index (χ3n) is 4.47. The number of aromatic nitrogens is 2. The Morgan fingerprint density at radius 1 is 0.839 bits per heavy atom. The number of carbonyl (C=O) groups excluding carboxylic acids is 1. The van der Waals surface area contributed by atoms with Crippen LogP contribution in [0.4, 0.5) is 0 Å². The molecule has 2 aromatic heterocycles. The van der Waals surface area contributed by atoms with Crippen LogP contribution in [0.2, 0.25) is 0 Å². The van der Waals surface area contributed by atoms with Crippen LogP contribution < -0.4 is 9.47 Å². The number of methoxy groups -OCH3 is 1. The summed E-state index contributed by atoms with van der Waals surface area (Å²) in [5.41, 5.74) is 2.91. The maximum absolute atomic E-state index is 11.6. The van der Waals surface area contributed by atoms with Crippen LogP contribution in [-0.2, 0) is 18.0 Å². The van der Waals surface area contributed by atoms with E-state index in [9.17, 15) is 4.79 Å². The molecule has 0 radical (unpaired) electrons. The summed E-state index contributed by atoms with van der Waals surface area (Å²) >= 11 is 0. The predicted molar refractivity (Wildman–Crippen MR) is 113 cm³/mol. The fourth-order valence-electron chi connectivity index (χ4n) is 2.85. The Morgan fingerprint density at radius 2 is 1.45 bits per heavy atom. The SMILES string of the molecule is COC(=O)c1cc(-c2cc(OCc3ccccc3)c(OCc3ccccc3)cn2)no1. The fourth-order valence-corrected chi connectivity index (χ4v) is 2.85. The smallest absolute Gasteiger partial charge is 0.376 e. The number of hydrogen-bond acceptors (Lipinski definition) is 7. The lowest BCUT2D eigenvalue weighted by Gasteiger charge is -2.13. The Balaban J connectivity index is 1.59. The quantitative estimate of drug-likeness (QED) is 0.386. The zero-order valence-corrected chi connectivity index (χ0v) is 16.9. The number of benzene rings is 2. The van der Waals surface area contributed by atoms with E-state index in [1.807, 2.05) is 60.7 Å². The maximum atomic E-state index is 11.6. The van der Waals surface area contributed by atoms with Gasteiger partial charge in [-0.3, -0.25) is 4.98 Å². The summed E-state index contributed by atoms with van der Waals surface area (Å²) < 4.78 is 21.7. The average Bonchev–Trinajstić information content (AvgIpc) is 3.33. The number of esters is 1.